The standard InChI is InChI=1S/C10H8BrFO/c1-5-6-2-3-9(13)10(6)7(11)4-8(5)12/h4H,2-3H2,1H3. The number of benzene rings is 1. The molecule has 3 heteroatoms. The van der Waals surface area contributed by atoms with Crippen molar-refractivity contribution in [3.05, 3.63) is 33.0 Å². The number of rotatable bonds is 0. The minimum Gasteiger partial charge on any atom is -0.294 e. The molecule has 1 aromatic carbocycles. The van der Waals surface area contributed by atoms with E-state index in [0.717, 1.165) is 5.56 Å². The van der Waals surface area contributed by atoms with Crippen molar-refractivity contribution < 1.29 is 9.18 Å². The largest absolute Gasteiger partial charge is 0.294 e. The summed E-state index contributed by atoms with van der Waals surface area (Å²) in [5.41, 5.74) is 2.17. The van der Waals surface area contributed by atoms with E-state index < -0.39 is 0 Å². The van der Waals surface area contributed by atoms with Crippen LogP contribution in [0, 0.1) is 12.7 Å². The zero-order valence-electron chi connectivity index (χ0n) is 7.16. The van der Waals surface area contributed by atoms with Gasteiger partial charge in [-0.05, 0) is 46.5 Å². The molecule has 13 heavy (non-hydrogen) atoms. The number of hydrogen-bond donors (Lipinski definition) is 0. The average molecular weight is 243 g/mol. The van der Waals surface area contributed by atoms with E-state index in [1.54, 1.807) is 6.92 Å². The highest BCUT2D eigenvalue weighted by Crippen LogP contribution is 2.32. The van der Waals surface area contributed by atoms with E-state index in [2.05, 4.69) is 15.9 Å². The Morgan fingerprint density at radius 1 is 1.46 bits per heavy atom. The van der Waals surface area contributed by atoms with Gasteiger partial charge < -0.3 is 0 Å². The highest BCUT2D eigenvalue weighted by Gasteiger charge is 2.25. The van der Waals surface area contributed by atoms with Gasteiger partial charge in [0.2, 0.25) is 0 Å². The van der Waals surface area contributed by atoms with Crippen LogP contribution < -0.4 is 0 Å². The summed E-state index contributed by atoms with van der Waals surface area (Å²) in [4.78, 5) is 11.4. The highest BCUT2D eigenvalue weighted by molar-refractivity contribution is 9.10. The Morgan fingerprint density at radius 2 is 2.15 bits per heavy atom. The van der Waals surface area contributed by atoms with Gasteiger partial charge in [-0.2, -0.15) is 0 Å². The lowest BCUT2D eigenvalue weighted by Gasteiger charge is -2.05. The Kier molecular flexibility index (Phi) is 1.99. The first kappa shape index (κ1) is 8.88. The molecule has 0 atom stereocenters. The Balaban J connectivity index is 2.76. The van der Waals surface area contributed by atoms with Gasteiger partial charge in [-0.15, -0.1) is 0 Å². The van der Waals surface area contributed by atoms with Crippen molar-refractivity contribution in [1.29, 1.82) is 0 Å². The molecule has 1 aliphatic rings. The summed E-state index contributed by atoms with van der Waals surface area (Å²) in [6.45, 7) is 1.72. The van der Waals surface area contributed by atoms with E-state index in [9.17, 15) is 9.18 Å². The van der Waals surface area contributed by atoms with E-state index >= 15 is 0 Å². The van der Waals surface area contributed by atoms with Crippen molar-refractivity contribution >= 4 is 21.7 Å². The monoisotopic (exact) mass is 242 g/mol. The molecule has 0 saturated carbocycles. The zero-order chi connectivity index (χ0) is 9.59. The summed E-state index contributed by atoms with van der Waals surface area (Å²) < 4.78 is 13.8. The molecule has 0 unspecified atom stereocenters. The third-order valence-corrected chi connectivity index (χ3v) is 3.11. The first-order valence-corrected chi connectivity index (χ1v) is 4.91. The molecule has 0 fully saturated rings. The van der Waals surface area contributed by atoms with E-state index in [4.69, 9.17) is 0 Å². The lowest BCUT2D eigenvalue weighted by molar-refractivity contribution is 0.0994. The van der Waals surface area contributed by atoms with E-state index in [-0.39, 0.29) is 11.6 Å². The predicted molar refractivity (Wildman–Crippen MR) is 51.5 cm³/mol. The van der Waals surface area contributed by atoms with Crippen LogP contribution in [-0.2, 0) is 6.42 Å². The minimum atomic E-state index is -0.236. The van der Waals surface area contributed by atoms with Crippen molar-refractivity contribution in [2.24, 2.45) is 0 Å². The SMILES string of the molecule is Cc1c(F)cc(Br)c2c1CCC2=O. The molecule has 0 saturated heterocycles. The number of fused-ring (bicyclic) bond motifs is 1. The topological polar surface area (TPSA) is 17.1 Å². The Hall–Kier alpha value is -0.700. The normalized spacial score (nSPS) is 14.8. The molecule has 0 N–H and O–H groups in total. The second kappa shape index (κ2) is 2.91. The third-order valence-electron chi connectivity index (χ3n) is 2.49. The van der Waals surface area contributed by atoms with Crippen LogP contribution in [0.3, 0.4) is 0 Å². The maximum Gasteiger partial charge on any atom is 0.164 e. The second-order valence-corrected chi connectivity index (χ2v) is 4.10. The fourth-order valence-electron chi connectivity index (χ4n) is 1.74. The van der Waals surface area contributed by atoms with Crippen LogP contribution in [0.15, 0.2) is 10.5 Å². The molecule has 0 amide bonds. The summed E-state index contributed by atoms with van der Waals surface area (Å²) in [5, 5.41) is 0. The van der Waals surface area contributed by atoms with Crippen molar-refractivity contribution in [2.75, 3.05) is 0 Å². The molecule has 0 radical (unpaired) electrons. The van der Waals surface area contributed by atoms with Crippen LogP contribution in [0.25, 0.3) is 0 Å². The van der Waals surface area contributed by atoms with Crippen molar-refractivity contribution in [2.45, 2.75) is 19.8 Å². The summed E-state index contributed by atoms with van der Waals surface area (Å²) >= 11 is 3.21. The van der Waals surface area contributed by atoms with Gasteiger partial charge in [-0.1, -0.05) is 0 Å². The van der Waals surface area contributed by atoms with Crippen LogP contribution in [0.1, 0.15) is 27.9 Å². The number of ketones is 1. The Labute approximate surface area is 84.1 Å². The third kappa shape index (κ3) is 1.22. The smallest absolute Gasteiger partial charge is 0.164 e. The Bertz CT molecular complexity index is 398. The molecule has 1 aromatic rings. The molecular weight excluding hydrogens is 235 g/mol. The number of hydrogen-bond acceptors (Lipinski definition) is 1. The molecule has 2 rings (SSSR count). The highest BCUT2D eigenvalue weighted by atomic mass is 79.9. The molecule has 1 nitrogen and oxygen atoms in total. The summed E-state index contributed by atoms with van der Waals surface area (Å²) in [7, 11) is 0. The average Bonchev–Trinajstić information content (AvgIpc) is 2.44. The van der Waals surface area contributed by atoms with Gasteiger partial charge >= 0.3 is 0 Å². The molecule has 0 aromatic heterocycles. The first-order valence-electron chi connectivity index (χ1n) is 4.12. The Morgan fingerprint density at radius 3 is 2.85 bits per heavy atom. The van der Waals surface area contributed by atoms with Crippen molar-refractivity contribution in [1.82, 2.24) is 0 Å². The van der Waals surface area contributed by atoms with Gasteiger partial charge in [-0.3, -0.25) is 4.79 Å². The van der Waals surface area contributed by atoms with Crippen LogP contribution in [0.4, 0.5) is 4.39 Å². The fraction of sp³-hybridized carbons (Fsp3) is 0.300. The lowest BCUT2D eigenvalue weighted by atomic mass is 10.0. The van der Waals surface area contributed by atoms with Gasteiger partial charge in [-0.25, -0.2) is 4.39 Å². The van der Waals surface area contributed by atoms with Crippen molar-refractivity contribution in [3.63, 3.8) is 0 Å². The summed E-state index contributed by atoms with van der Waals surface area (Å²) in [6, 6.07) is 1.37. The first-order chi connectivity index (χ1) is 6.11. The van der Waals surface area contributed by atoms with Gasteiger partial charge in [0.15, 0.2) is 5.78 Å². The van der Waals surface area contributed by atoms with Crippen LogP contribution in [-0.4, -0.2) is 5.78 Å². The molecule has 0 bridgehead atoms. The van der Waals surface area contributed by atoms with Gasteiger partial charge in [0.05, 0.1) is 0 Å². The fourth-order valence-corrected chi connectivity index (χ4v) is 2.41. The van der Waals surface area contributed by atoms with Crippen LogP contribution in [0.2, 0.25) is 0 Å². The van der Waals surface area contributed by atoms with E-state index in [0.29, 0.717) is 28.4 Å². The van der Waals surface area contributed by atoms with Crippen molar-refractivity contribution in [3.8, 4) is 0 Å². The number of carbonyl (C=O) groups excluding carboxylic acids is 1. The molecule has 68 valence electrons. The lowest BCUT2D eigenvalue weighted by Crippen LogP contribution is -1.97. The van der Waals surface area contributed by atoms with Gasteiger partial charge in [0.1, 0.15) is 5.82 Å². The van der Waals surface area contributed by atoms with Crippen LogP contribution >= 0.6 is 15.9 Å². The van der Waals surface area contributed by atoms with E-state index in [1.807, 2.05) is 0 Å². The summed E-state index contributed by atoms with van der Waals surface area (Å²) in [6.07, 6.45) is 1.19. The molecule has 0 spiro atoms. The molecular formula is C10H8BrFO. The van der Waals surface area contributed by atoms with E-state index in [1.165, 1.54) is 6.07 Å². The minimum absolute atomic E-state index is 0.116. The molecule has 0 heterocycles. The summed E-state index contributed by atoms with van der Waals surface area (Å²) in [5.74, 6) is -0.120. The maximum atomic E-state index is 13.2. The zero-order valence-corrected chi connectivity index (χ0v) is 8.74. The number of carbonyl (C=O) groups is 1. The molecule has 0 aliphatic heterocycles. The number of halogens is 2. The van der Waals surface area contributed by atoms with Gasteiger partial charge in [0, 0.05) is 16.5 Å². The van der Waals surface area contributed by atoms with Crippen LogP contribution in [0.5, 0.6) is 0 Å². The number of Topliss-reactive ketones (excluding diaryl/α,β-unsaturated/α-hetero) is 1. The predicted octanol–water partition coefficient (Wildman–Crippen LogP) is 3.03. The van der Waals surface area contributed by atoms with Gasteiger partial charge in [0.25, 0.3) is 0 Å². The second-order valence-electron chi connectivity index (χ2n) is 3.24. The molecule has 1 aliphatic carbocycles. The maximum absolute atomic E-state index is 13.2. The quantitative estimate of drug-likeness (QED) is 0.684.